The number of hydrogen-bond donors (Lipinski definition) is 1. The quantitative estimate of drug-likeness (QED) is 0.463. The molecule has 0 radical (unpaired) electrons. The van der Waals surface area contributed by atoms with Crippen molar-refractivity contribution < 1.29 is 23.7 Å². The molecule has 1 aliphatic rings. The molecule has 0 aromatic carbocycles. The van der Waals surface area contributed by atoms with E-state index in [4.69, 9.17) is 14.2 Å². The zero-order chi connectivity index (χ0) is 10.6. The molecule has 0 aliphatic carbocycles. The lowest BCUT2D eigenvalue weighted by Crippen LogP contribution is -2.59. The first-order chi connectivity index (χ1) is 6.72. The van der Waals surface area contributed by atoms with Crippen molar-refractivity contribution in [1.29, 1.82) is 0 Å². The van der Waals surface area contributed by atoms with Crippen molar-refractivity contribution in [2.75, 3.05) is 27.9 Å². The van der Waals surface area contributed by atoms with Crippen molar-refractivity contribution in [3.63, 3.8) is 0 Å². The number of hydrogen-bond acceptors (Lipinski definition) is 6. The van der Waals surface area contributed by atoms with Crippen LogP contribution < -0.4 is 5.32 Å². The molecule has 3 unspecified atom stereocenters. The summed E-state index contributed by atoms with van der Waals surface area (Å²) < 4.78 is 19.5. The van der Waals surface area contributed by atoms with Crippen LogP contribution in [0.3, 0.4) is 0 Å². The van der Waals surface area contributed by atoms with Crippen LogP contribution in [0.4, 0.5) is 0 Å². The zero-order valence-corrected chi connectivity index (χ0v) is 8.48. The summed E-state index contributed by atoms with van der Waals surface area (Å²) in [5, 5.41) is 2.91. The third-order valence-electron chi connectivity index (χ3n) is 2.02. The van der Waals surface area contributed by atoms with E-state index in [-0.39, 0.29) is 12.3 Å². The monoisotopic (exact) mass is 205 g/mol. The van der Waals surface area contributed by atoms with Gasteiger partial charge in [-0.3, -0.25) is 5.32 Å². The summed E-state index contributed by atoms with van der Waals surface area (Å²) in [5.74, 6) is -0.464. The molecule has 1 N–H and O–H groups in total. The highest BCUT2D eigenvalue weighted by atomic mass is 16.7. The van der Waals surface area contributed by atoms with E-state index < -0.39 is 12.2 Å². The molecule has 6 nitrogen and oxygen atoms in total. The summed E-state index contributed by atoms with van der Waals surface area (Å²) in [6, 6.07) is -0.0379. The van der Waals surface area contributed by atoms with E-state index in [0.717, 1.165) is 0 Å². The van der Waals surface area contributed by atoms with Gasteiger partial charge in [0.2, 0.25) is 6.23 Å². The van der Waals surface area contributed by atoms with Crippen molar-refractivity contribution >= 4 is 5.97 Å². The number of carbonyl (C=O) groups is 1. The molecule has 1 aliphatic heterocycles. The van der Waals surface area contributed by atoms with Crippen LogP contribution in [0.5, 0.6) is 0 Å². The highest BCUT2D eigenvalue weighted by Crippen LogP contribution is 2.13. The maximum Gasteiger partial charge on any atom is 0.350 e. The van der Waals surface area contributed by atoms with E-state index in [1.807, 2.05) is 0 Å². The molecule has 0 aromatic rings. The third-order valence-corrected chi connectivity index (χ3v) is 2.02. The molecule has 0 saturated carbocycles. The Morgan fingerprint density at radius 3 is 2.57 bits per heavy atom. The van der Waals surface area contributed by atoms with Crippen LogP contribution in [-0.4, -0.2) is 52.5 Å². The summed E-state index contributed by atoms with van der Waals surface area (Å²) in [6.07, 6.45) is -1.09. The van der Waals surface area contributed by atoms with Crippen molar-refractivity contribution in [3.05, 3.63) is 0 Å². The van der Waals surface area contributed by atoms with Crippen LogP contribution in [0.2, 0.25) is 0 Å². The van der Waals surface area contributed by atoms with E-state index in [1.54, 1.807) is 7.11 Å². The lowest BCUT2D eigenvalue weighted by molar-refractivity contribution is -0.232. The first-order valence-corrected chi connectivity index (χ1v) is 4.24. The van der Waals surface area contributed by atoms with Crippen LogP contribution in [0, 0.1) is 0 Å². The van der Waals surface area contributed by atoms with Crippen molar-refractivity contribution in [2.24, 2.45) is 0 Å². The van der Waals surface area contributed by atoms with Gasteiger partial charge in [-0.25, -0.2) is 4.79 Å². The van der Waals surface area contributed by atoms with Gasteiger partial charge in [-0.1, -0.05) is 0 Å². The fraction of sp³-hybridized carbons (Fsp3) is 0.875. The second kappa shape index (κ2) is 5.26. The Kier molecular flexibility index (Phi) is 4.27. The predicted molar refractivity (Wildman–Crippen MR) is 46.5 cm³/mol. The van der Waals surface area contributed by atoms with Crippen LogP contribution in [0.1, 0.15) is 0 Å². The van der Waals surface area contributed by atoms with E-state index in [2.05, 4.69) is 10.1 Å². The van der Waals surface area contributed by atoms with Gasteiger partial charge in [0.15, 0.2) is 6.29 Å². The zero-order valence-electron chi connectivity index (χ0n) is 8.48. The topological polar surface area (TPSA) is 66.0 Å². The van der Waals surface area contributed by atoms with Gasteiger partial charge in [0.1, 0.15) is 0 Å². The molecular formula is C8H15NO5. The number of ether oxygens (including phenoxy) is 4. The molecule has 14 heavy (non-hydrogen) atoms. The van der Waals surface area contributed by atoms with Gasteiger partial charge in [0.25, 0.3) is 0 Å². The Labute approximate surface area is 82.5 Å². The minimum atomic E-state index is -0.772. The smallest absolute Gasteiger partial charge is 0.350 e. The predicted octanol–water partition coefficient (Wildman–Crippen LogP) is -0.907. The molecule has 0 amide bonds. The van der Waals surface area contributed by atoms with Crippen molar-refractivity contribution in [3.8, 4) is 0 Å². The highest BCUT2D eigenvalue weighted by molar-refractivity contribution is 5.74. The number of nitrogens with one attached hydrogen (secondary N) is 1. The van der Waals surface area contributed by atoms with Crippen LogP contribution in [-0.2, 0) is 23.7 Å². The maximum absolute atomic E-state index is 11.1. The fourth-order valence-electron chi connectivity index (χ4n) is 1.16. The van der Waals surface area contributed by atoms with Crippen LogP contribution >= 0.6 is 0 Å². The summed E-state index contributed by atoms with van der Waals surface area (Å²) in [6.45, 7) is 0.495. The normalized spacial score (nSPS) is 27.9. The minimum absolute atomic E-state index is 0.0379. The van der Waals surface area contributed by atoms with Gasteiger partial charge in [-0.15, -0.1) is 0 Å². The van der Waals surface area contributed by atoms with Gasteiger partial charge in [-0.05, 0) is 0 Å². The molecule has 0 bridgehead atoms. The second-order valence-electron chi connectivity index (χ2n) is 2.85. The maximum atomic E-state index is 11.1. The van der Waals surface area contributed by atoms with Gasteiger partial charge >= 0.3 is 5.97 Å². The molecular weight excluding hydrogens is 190 g/mol. The van der Waals surface area contributed by atoms with E-state index in [1.165, 1.54) is 14.2 Å². The lowest BCUT2D eigenvalue weighted by Gasteiger charge is -2.37. The molecule has 6 heteroatoms. The molecule has 3 atom stereocenters. The molecule has 1 rings (SSSR count). The molecule has 1 heterocycles. The van der Waals surface area contributed by atoms with Crippen LogP contribution in [0.15, 0.2) is 0 Å². The van der Waals surface area contributed by atoms with Crippen molar-refractivity contribution in [2.45, 2.75) is 18.6 Å². The Morgan fingerprint density at radius 1 is 1.50 bits per heavy atom. The Morgan fingerprint density at radius 2 is 2.21 bits per heavy atom. The summed E-state index contributed by atoms with van der Waals surface area (Å²) in [7, 11) is 4.27. The number of methoxy groups -OCH3 is 3. The molecule has 0 aromatic heterocycles. The Hall–Kier alpha value is -0.690. The largest absolute Gasteiger partial charge is 0.466 e. The van der Waals surface area contributed by atoms with Gasteiger partial charge < -0.3 is 18.9 Å². The lowest BCUT2D eigenvalue weighted by atomic mass is 10.2. The van der Waals surface area contributed by atoms with Crippen molar-refractivity contribution in [1.82, 2.24) is 5.32 Å². The first-order valence-electron chi connectivity index (χ1n) is 4.24. The SMILES string of the molecule is COC(=O)C(NC1COC1OC)OC. The second-order valence-corrected chi connectivity index (χ2v) is 2.85. The average molecular weight is 205 g/mol. The van der Waals surface area contributed by atoms with Gasteiger partial charge in [-0.2, -0.15) is 0 Å². The Balaban J connectivity index is 2.36. The molecule has 1 saturated heterocycles. The standard InChI is InChI=1S/C8H15NO5/c1-11-6(7(10)12-2)9-5-4-14-8(5)13-3/h5-6,8-9H,4H2,1-3H3. The van der Waals surface area contributed by atoms with E-state index in [0.29, 0.717) is 6.61 Å². The van der Waals surface area contributed by atoms with E-state index >= 15 is 0 Å². The van der Waals surface area contributed by atoms with Crippen LogP contribution in [0.25, 0.3) is 0 Å². The summed E-state index contributed by atoms with van der Waals surface area (Å²) in [4.78, 5) is 11.1. The number of carbonyl (C=O) groups excluding carboxylic acids is 1. The average Bonchev–Trinajstić information content (AvgIpc) is 2.17. The van der Waals surface area contributed by atoms with Gasteiger partial charge in [0, 0.05) is 14.2 Å². The third kappa shape index (κ3) is 2.42. The Bertz CT molecular complexity index is 196. The fourth-order valence-corrected chi connectivity index (χ4v) is 1.16. The van der Waals surface area contributed by atoms with Gasteiger partial charge in [0.05, 0.1) is 19.8 Å². The van der Waals surface area contributed by atoms with E-state index in [9.17, 15) is 4.79 Å². The summed E-state index contributed by atoms with van der Waals surface area (Å²) >= 11 is 0. The number of esters is 1. The highest BCUT2D eigenvalue weighted by Gasteiger charge is 2.35. The minimum Gasteiger partial charge on any atom is -0.466 e. The number of rotatable bonds is 5. The molecule has 0 spiro atoms. The first kappa shape index (κ1) is 11.4. The molecule has 1 fully saturated rings. The molecule has 82 valence electrons. The summed E-state index contributed by atoms with van der Waals surface area (Å²) in [5.41, 5.74) is 0.